The van der Waals surface area contributed by atoms with Crippen LogP contribution in [0.2, 0.25) is 0 Å². The first-order valence-electron chi connectivity index (χ1n) is 6.82. The van der Waals surface area contributed by atoms with Gasteiger partial charge in [-0.2, -0.15) is 0 Å². The fourth-order valence-electron chi connectivity index (χ4n) is 1.77. The number of non-ortho nitro benzene ring substituents is 1. The summed E-state index contributed by atoms with van der Waals surface area (Å²) in [4.78, 5) is 11.8. The molecule has 0 saturated carbocycles. The molecule has 0 bridgehead atoms. The molecule has 132 valence electrons. The third-order valence-electron chi connectivity index (χ3n) is 3.00. The number of hydrogen-bond acceptors (Lipinski definition) is 5. The molecule has 25 heavy (non-hydrogen) atoms. The Kier molecular flexibility index (Phi) is 5.96. The third-order valence-corrected chi connectivity index (χ3v) is 4.50. The van der Waals surface area contributed by atoms with Crippen LogP contribution in [-0.4, -0.2) is 18.5 Å². The number of nitro benzene ring substituents is 1. The summed E-state index contributed by atoms with van der Waals surface area (Å²) < 4.78 is 37.0. The predicted octanol–water partition coefficient (Wildman–Crippen LogP) is 1.59. The molecule has 0 spiro atoms. The molecule has 2 aromatic rings. The summed E-state index contributed by atoms with van der Waals surface area (Å²) in [6, 6.07) is 10.3. The van der Waals surface area contributed by atoms with Crippen LogP contribution in [0, 0.1) is 15.9 Å². The molecule has 0 aromatic heterocycles. The summed E-state index contributed by atoms with van der Waals surface area (Å²) in [5.74, 6) is -0.367. The molecule has 8 nitrogen and oxygen atoms in total. The fraction of sp³-hybridized carbons (Fsp3) is 0.0714. The van der Waals surface area contributed by atoms with Crippen LogP contribution >= 0.6 is 12.2 Å². The third kappa shape index (κ3) is 5.45. The summed E-state index contributed by atoms with van der Waals surface area (Å²) in [6.07, 6.45) is 0. The van der Waals surface area contributed by atoms with E-state index in [1.165, 1.54) is 30.3 Å². The van der Waals surface area contributed by atoms with E-state index in [4.69, 9.17) is 12.2 Å². The van der Waals surface area contributed by atoms with Crippen molar-refractivity contribution >= 4 is 33.0 Å². The lowest BCUT2D eigenvalue weighted by Gasteiger charge is -2.12. The lowest BCUT2D eigenvalue weighted by molar-refractivity contribution is -0.385. The van der Waals surface area contributed by atoms with E-state index in [2.05, 4.69) is 10.7 Å². The number of hydrogen-bond donors (Lipinski definition) is 3. The van der Waals surface area contributed by atoms with E-state index in [9.17, 15) is 22.9 Å². The second kappa shape index (κ2) is 7.96. The minimum Gasteiger partial charge on any atom is -0.358 e. The van der Waals surface area contributed by atoms with Gasteiger partial charge in [0.05, 0.1) is 9.82 Å². The lowest BCUT2D eigenvalue weighted by atomic mass is 10.2. The van der Waals surface area contributed by atoms with E-state index in [0.29, 0.717) is 0 Å². The number of benzene rings is 2. The van der Waals surface area contributed by atoms with Crippen LogP contribution in [0.25, 0.3) is 0 Å². The zero-order valence-corrected chi connectivity index (χ0v) is 14.2. The minimum atomic E-state index is -4.04. The quantitative estimate of drug-likeness (QED) is 0.394. The zero-order chi connectivity index (χ0) is 18.4. The number of halogens is 1. The second-order valence-electron chi connectivity index (χ2n) is 4.79. The van der Waals surface area contributed by atoms with Gasteiger partial charge < -0.3 is 5.32 Å². The molecule has 0 saturated heterocycles. The van der Waals surface area contributed by atoms with Gasteiger partial charge in [-0.15, -0.1) is 4.83 Å². The van der Waals surface area contributed by atoms with Crippen molar-refractivity contribution in [2.45, 2.75) is 11.4 Å². The van der Waals surface area contributed by atoms with Crippen LogP contribution in [-0.2, 0) is 16.6 Å². The van der Waals surface area contributed by atoms with Gasteiger partial charge in [0.1, 0.15) is 5.82 Å². The van der Waals surface area contributed by atoms with Crippen LogP contribution in [0.1, 0.15) is 5.56 Å². The SMILES string of the molecule is O=[N+]([O-])c1cccc(S(=O)(=O)NNC(=S)NCc2ccc(F)cc2)c1. The van der Waals surface area contributed by atoms with Gasteiger partial charge in [0.25, 0.3) is 15.7 Å². The maximum Gasteiger partial charge on any atom is 0.270 e. The van der Waals surface area contributed by atoms with Gasteiger partial charge in [-0.1, -0.05) is 18.2 Å². The normalized spacial score (nSPS) is 10.9. The number of hydrazine groups is 1. The average Bonchev–Trinajstić information content (AvgIpc) is 2.59. The highest BCUT2D eigenvalue weighted by molar-refractivity contribution is 7.89. The van der Waals surface area contributed by atoms with E-state index >= 15 is 0 Å². The summed E-state index contributed by atoms with van der Waals surface area (Å²) in [6.45, 7) is 0.255. The van der Waals surface area contributed by atoms with E-state index < -0.39 is 14.9 Å². The summed E-state index contributed by atoms with van der Waals surface area (Å²) in [5.41, 5.74) is 2.69. The van der Waals surface area contributed by atoms with Crippen molar-refractivity contribution in [1.82, 2.24) is 15.6 Å². The monoisotopic (exact) mass is 384 g/mol. The van der Waals surface area contributed by atoms with Crippen molar-refractivity contribution in [3.8, 4) is 0 Å². The first-order valence-corrected chi connectivity index (χ1v) is 8.71. The van der Waals surface area contributed by atoms with Gasteiger partial charge in [0.15, 0.2) is 5.11 Å². The molecule has 0 radical (unpaired) electrons. The van der Waals surface area contributed by atoms with Gasteiger partial charge in [0.2, 0.25) is 0 Å². The predicted molar refractivity (Wildman–Crippen MR) is 92.4 cm³/mol. The van der Waals surface area contributed by atoms with Crippen molar-refractivity contribution in [3.63, 3.8) is 0 Å². The Morgan fingerprint density at radius 1 is 1.20 bits per heavy atom. The molecule has 2 rings (SSSR count). The summed E-state index contributed by atoms with van der Waals surface area (Å²) >= 11 is 4.93. The number of thiocarbonyl (C=S) groups is 1. The molecular weight excluding hydrogens is 371 g/mol. The second-order valence-corrected chi connectivity index (χ2v) is 6.88. The Hall–Kier alpha value is -2.63. The Labute approximate surface area is 148 Å². The molecule has 3 N–H and O–H groups in total. The molecular formula is C14H13FN4O4S2. The molecule has 0 aliphatic heterocycles. The molecule has 0 aliphatic rings. The highest BCUT2D eigenvalue weighted by Crippen LogP contribution is 2.16. The van der Waals surface area contributed by atoms with Gasteiger partial charge >= 0.3 is 0 Å². The Balaban J connectivity index is 1.92. The van der Waals surface area contributed by atoms with Crippen LogP contribution in [0.3, 0.4) is 0 Å². The topological polar surface area (TPSA) is 113 Å². The molecule has 0 amide bonds. The number of nitrogens with one attached hydrogen (secondary N) is 3. The maximum atomic E-state index is 12.8. The largest absolute Gasteiger partial charge is 0.358 e. The van der Waals surface area contributed by atoms with Crippen LogP contribution in [0.5, 0.6) is 0 Å². The molecule has 0 atom stereocenters. The number of nitrogens with zero attached hydrogens (tertiary/aromatic N) is 1. The number of nitro groups is 1. The van der Waals surface area contributed by atoms with Crippen molar-refractivity contribution < 1.29 is 17.7 Å². The van der Waals surface area contributed by atoms with Crippen LogP contribution in [0.4, 0.5) is 10.1 Å². The number of rotatable bonds is 6. The zero-order valence-electron chi connectivity index (χ0n) is 12.6. The van der Waals surface area contributed by atoms with Gasteiger partial charge in [-0.3, -0.25) is 15.5 Å². The average molecular weight is 384 g/mol. The standard InChI is InChI=1S/C14H13FN4O4S2/c15-11-6-4-10(5-7-11)9-16-14(24)17-18-25(22,23)13-3-1-2-12(8-13)19(20)21/h1-8,18H,9H2,(H2,16,17,24). The summed E-state index contributed by atoms with van der Waals surface area (Å²) in [7, 11) is -4.04. The molecule has 2 aromatic carbocycles. The van der Waals surface area contributed by atoms with E-state index in [0.717, 1.165) is 11.6 Å². The van der Waals surface area contributed by atoms with Gasteiger partial charge in [-0.25, -0.2) is 12.8 Å². The minimum absolute atomic E-state index is 0.0154. The maximum absolute atomic E-state index is 12.8. The van der Waals surface area contributed by atoms with Crippen molar-refractivity contribution in [2.75, 3.05) is 0 Å². The molecule has 0 unspecified atom stereocenters. The smallest absolute Gasteiger partial charge is 0.270 e. The highest BCUT2D eigenvalue weighted by Gasteiger charge is 2.17. The molecule has 0 fully saturated rings. The summed E-state index contributed by atoms with van der Waals surface area (Å²) in [5, 5.41) is 13.4. The molecule has 0 heterocycles. The van der Waals surface area contributed by atoms with Gasteiger partial charge in [-0.05, 0) is 36.0 Å². The first kappa shape index (κ1) is 18.7. The van der Waals surface area contributed by atoms with Crippen molar-refractivity contribution in [2.24, 2.45) is 0 Å². The van der Waals surface area contributed by atoms with Gasteiger partial charge in [0, 0.05) is 18.7 Å². The fourth-order valence-corrected chi connectivity index (χ4v) is 2.84. The van der Waals surface area contributed by atoms with Crippen molar-refractivity contribution in [3.05, 3.63) is 70.0 Å². The van der Waals surface area contributed by atoms with Crippen molar-refractivity contribution in [1.29, 1.82) is 0 Å². The molecule has 11 heteroatoms. The Bertz CT molecular complexity index is 888. The highest BCUT2D eigenvalue weighted by atomic mass is 32.2. The van der Waals surface area contributed by atoms with Crippen LogP contribution in [0.15, 0.2) is 53.4 Å². The van der Waals surface area contributed by atoms with Crippen LogP contribution < -0.4 is 15.6 Å². The first-order chi connectivity index (χ1) is 11.8. The molecule has 0 aliphatic carbocycles. The Morgan fingerprint density at radius 2 is 1.88 bits per heavy atom. The number of sulfonamides is 1. The lowest BCUT2D eigenvalue weighted by Crippen LogP contribution is -2.46. The van der Waals surface area contributed by atoms with E-state index in [1.54, 1.807) is 12.1 Å². The Morgan fingerprint density at radius 3 is 2.52 bits per heavy atom. The van der Waals surface area contributed by atoms with E-state index in [1.807, 2.05) is 4.83 Å². The van der Waals surface area contributed by atoms with E-state index in [-0.39, 0.29) is 28.1 Å².